The summed E-state index contributed by atoms with van der Waals surface area (Å²) in [6, 6.07) is 25.3. The van der Waals surface area contributed by atoms with Gasteiger partial charge in [0.05, 0.1) is 11.1 Å². The van der Waals surface area contributed by atoms with Crippen molar-refractivity contribution >= 4 is 21.9 Å². The molecule has 0 fully saturated rings. The van der Waals surface area contributed by atoms with Gasteiger partial charge in [-0.25, -0.2) is 4.57 Å². The first-order valence-electron chi connectivity index (χ1n) is 10.9. The lowest BCUT2D eigenvalue weighted by molar-refractivity contribution is -0.660. The summed E-state index contributed by atoms with van der Waals surface area (Å²) in [6.45, 7) is 6.37. The molecule has 32 heavy (non-hydrogen) atoms. The Kier molecular flexibility index (Phi) is 4.79. The van der Waals surface area contributed by atoms with Crippen LogP contribution in [0.5, 0.6) is 0 Å². The molecule has 0 aliphatic carbocycles. The van der Waals surface area contributed by atoms with E-state index in [2.05, 4.69) is 87.1 Å². The first-order valence-corrected chi connectivity index (χ1v) is 10.9. The zero-order valence-corrected chi connectivity index (χ0v) is 18.8. The fourth-order valence-electron chi connectivity index (χ4n) is 4.72. The summed E-state index contributed by atoms with van der Waals surface area (Å²) in [5, 5.41) is 12.3. The molecule has 3 heteroatoms. The molecule has 0 radical (unpaired) electrons. The number of nitriles is 1. The van der Waals surface area contributed by atoms with Gasteiger partial charge in [0, 0.05) is 34.0 Å². The second-order valence-corrected chi connectivity index (χ2v) is 8.66. The van der Waals surface area contributed by atoms with Gasteiger partial charge in [-0.05, 0) is 36.1 Å². The van der Waals surface area contributed by atoms with E-state index in [0.29, 0.717) is 5.56 Å². The van der Waals surface area contributed by atoms with Gasteiger partial charge in [-0.2, -0.15) is 5.26 Å². The predicted octanol–water partition coefficient (Wildman–Crippen LogP) is 7.05. The maximum atomic E-state index is 10.2. The van der Waals surface area contributed by atoms with Gasteiger partial charge in [0.25, 0.3) is 0 Å². The summed E-state index contributed by atoms with van der Waals surface area (Å²) in [5.74, 6) is 0.147. The van der Waals surface area contributed by atoms with E-state index in [1.807, 2.05) is 24.3 Å². The fraction of sp³-hybridized carbons (Fsp3) is 0.172. The molecule has 5 rings (SSSR count). The summed E-state index contributed by atoms with van der Waals surface area (Å²) in [7, 11) is 2.05. The van der Waals surface area contributed by atoms with E-state index in [-0.39, 0.29) is 5.92 Å². The Balaban J connectivity index is 1.96. The molecule has 0 saturated carbocycles. The molecule has 3 nitrogen and oxygen atoms in total. The van der Waals surface area contributed by atoms with E-state index in [0.717, 1.165) is 55.4 Å². The van der Waals surface area contributed by atoms with Crippen LogP contribution in [0.2, 0.25) is 0 Å². The van der Waals surface area contributed by atoms with Gasteiger partial charge in [-0.3, -0.25) is 0 Å². The number of aryl methyl sites for hydroxylation is 2. The minimum atomic E-state index is 0.147. The highest BCUT2D eigenvalue weighted by Crippen LogP contribution is 2.43. The minimum absolute atomic E-state index is 0.147. The lowest BCUT2D eigenvalue weighted by Crippen LogP contribution is -2.30. The summed E-state index contributed by atoms with van der Waals surface area (Å²) in [4.78, 5) is 0. The number of hydrogen-bond acceptors (Lipinski definition) is 2. The van der Waals surface area contributed by atoms with E-state index in [9.17, 15) is 5.26 Å². The molecule has 0 aliphatic rings. The van der Waals surface area contributed by atoms with Crippen LogP contribution < -0.4 is 4.57 Å². The van der Waals surface area contributed by atoms with E-state index in [4.69, 9.17) is 4.42 Å². The molecule has 0 saturated heterocycles. The van der Waals surface area contributed by atoms with Crippen molar-refractivity contribution in [3.8, 4) is 28.5 Å². The van der Waals surface area contributed by atoms with Crippen LogP contribution >= 0.6 is 0 Å². The summed E-state index contributed by atoms with van der Waals surface area (Å²) >= 11 is 0. The minimum Gasteiger partial charge on any atom is -0.455 e. The molecule has 0 atom stereocenters. The van der Waals surface area contributed by atoms with E-state index >= 15 is 0 Å². The van der Waals surface area contributed by atoms with Crippen LogP contribution in [0.25, 0.3) is 44.3 Å². The van der Waals surface area contributed by atoms with Crippen molar-refractivity contribution < 1.29 is 8.98 Å². The van der Waals surface area contributed by atoms with Crippen molar-refractivity contribution in [1.29, 1.82) is 5.26 Å². The Morgan fingerprint density at radius 3 is 2.34 bits per heavy atom. The van der Waals surface area contributed by atoms with Crippen LogP contribution in [0.4, 0.5) is 0 Å². The standard InChI is InChI=1S/C29H25N2O/c1-18(2)26-24(17-30)22(20-10-6-5-7-11-20)16-23-21-14-13-19(3)27(28(21)32-29(23)26)25-12-8-9-15-31(25)4/h5-16,18H,1-4H3/q+1. The molecule has 0 N–H and O–H groups in total. The van der Waals surface area contributed by atoms with Crippen molar-refractivity contribution in [2.75, 3.05) is 0 Å². The number of rotatable bonds is 3. The van der Waals surface area contributed by atoms with Crippen molar-refractivity contribution in [2.24, 2.45) is 7.05 Å². The number of nitrogens with zero attached hydrogens (tertiary/aromatic N) is 2. The van der Waals surface area contributed by atoms with Gasteiger partial charge in [-0.1, -0.05) is 56.3 Å². The first kappa shape index (κ1) is 20.0. The average molecular weight is 418 g/mol. The molecule has 0 amide bonds. The molecule has 2 aromatic heterocycles. The quantitative estimate of drug-likeness (QED) is 0.295. The zero-order chi connectivity index (χ0) is 22.4. The lowest BCUT2D eigenvalue weighted by Gasteiger charge is -2.13. The van der Waals surface area contributed by atoms with Crippen LogP contribution in [0, 0.1) is 18.3 Å². The zero-order valence-electron chi connectivity index (χ0n) is 18.8. The topological polar surface area (TPSA) is 40.8 Å². The Bertz CT molecular complexity index is 1520. The van der Waals surface area contributed by atoms with Crippen LogP contribution in [0.15, 0.2) is 77.3 Å². The number of furan rings is 1. The number of pyridine rings is 1. The van der Waals surface area contributed by atoms with Gasteiger partial charge in [0.2, 0.25) is 5.69 Å². The molecule has 0 unspecified atom stereocenters. The van der Waals surface area contributed by atoms with Crippen molar-refractivity contribution in [1.82, 2.24) is 0 Å². The fourth-order valence-corrected chi connectivity index (χ4v) is 4.72. The summed E-state index contributed by atoms with van der Waals surface area (Å²) < 4.78 is 8.75. The highest BCUT2D eigenvalue weighted by Gasteiger charge is 2.25. The predicted molar refractivity (Wildman–Crippen MR) is 129 cm³/mol. The molecule has 156 valence electrons. The third-order valence-electron chi connectivity index (χ3n) is 6.26. The second kappa shape index (κ2) is 7.66. The van der Waals surface area contributed by atoms with E-state index in [1.165, 1.54) is 0 Å². The van der Waals surface area contributed by atoms with Crippen LogP contribution in [0.1, 0.15) is 36.5 Å². The molecular weight excluding hydrogens is 392 g/mol. The number of benzene rings is 3. The van der Waals surface area contributed by atoms with Gasteiger partial charge >= 0.3 is 0 Å². The van der Waals surface area contributed by atoms with Gasteiger partial charge in [-0.15, -0.1) is 0 Å². The second-order valence-electron chi connectivity index (χ2n) is 8.66. The normalized spacial score (nSPS) is 11.4. The number of fused-ring (bicyclic) bond motifs is 3. The van der Waals surface area contributed by atoms with Crippen LogP contribution in [-0.4, -0.2) is 0 Å². The molecular formula is C29H25N2O+. The summed E-state index contributed by atoms with van der Waals surface area (Å²) in [5.41, 5.74) is 8.72. The van der Waals surface area contributed by atoms with E-state index in [1.54, 1.807) is 0 Å². The van der Waals surface area contributed by atoms with Crippen LogP contribution in [-0.2, 0) is 7.05 Å². The molecule has 2 heterocycles. The van der Waals surface area contributed by atoms with Crippen LogP contribution in [0.3, 0.4) is 0 Å². The lowest BCUT2D eigenvalue weighted by atomic mass is 9.88. The Labute approximate surface area is 188 Å². The Hall–Kier alpha value is -3.90. The maximum absolute atomic E-state index is 10.2. The summed E-state index contributed by atoms with van der Waals surface area (Å²) in [6.07, 6.45) is 2.05. The average Bonchev–Trinajstić information content (AvgIpc) is 3.16. The van der Waals surface area contributed by atoms with Gasteiger partial charge in [0.1, 0.15) is 24.3 Å². The molecule has 0 spiro atoms. The number of aromatic nitrogens is 1. The Morgan fingerprint density at radius 1 is 0.906 bits per heavy atom. The molecule has 3 aromatic carbocycles. The SMILES string of the molecule is Cc1ccc2c(oc3c(C(C)C)c(C#N)c(-c4ccccc4)cc32)c1-c1cccc[n+]1C. The van der Waals surface area contributed by atoms with Gasteiger partial charge in [0.15, 0.2) is 6.20 Å². The van der Waals surface area contributed by atoms with Crippen molar-refractivity contribution in [2.45, 2.75) is 26.7 Å². The highest BCUT2D eigenvalue weighted by molar-refractivity contribution is 6.12. The van der Waals surface area contributed by atoms with Crippen molar-refractivity contribution in [3.05, 3.63) is 89.6 Å². The monoisotopic (exact) mass is 417 g/mol. The first-order chi connectivity index (χ1) is 15.5. The molecule has 5 aromatic rings. The van der Waals surface area contributed by atoms with Gasteiger partial charge < -0.3 is 4.42 Å². The molecule has 0 aliphatic heterocycles. The Morgan fingerprint density at radius 2 is 1.66 bits per heavy atom. The maximum Gasteiger partial charge on any atom is 0.216 e. The third kappa shape index (κ3) is 2.99. The number of hydrogen-bond donors (Lipinski definition) is 0. The smallest absolute Gasteiger partial charge is 0.216 e. The third-order valence-corrected chi connectivity index (χ3v) is 6.26. The largest absolute Gasteiger partial charge is 0.455 e. The molecule has 0 bridgehead atoms. The van der Waals surface area contributed by atoms with Crippen molar-refractivity contribution in [3.63, 3.8) is 0 Å². The van der Waals surface area contributed by atoms with E-state index < -0.39 is 0 Å². The highest BCUT2D eigenvalue weighted by atomic mass is 16.3.